The lowest BCUT2D eigenvalue weighted by Crippen LogP contribution is -2.41. The van der Waals surface area contributed by atoms with Crippen molar-refractivity contribution < 1.29 is 51.3 Å². The molecular weight excluding hydrogens is 634 g/mol. The molecule has 5 rings (SSSR count). The Balaban J connectivity index is 0.000000644. The third kappa shape index (κ3) is 10.3. The fourth-order valence-corrected chi connectivity index (χ4v) is 4.21. The molecule has 0 radical (unpaired) electrons. The molecule has 1 aliphatic carbocycles. The average Bonchev–Trinajstić information content (AvgIpc) is 3.72. The summed E-state index contributed by atoms with van der Waals surface area (Å²) in [5, 5.41) is 26.1. The number of H-pyrrole nitrogens is 1. The van der Waals surface area contributed by atoms with Crippen LogP contribution in [0.1, 0.15) is 41.2 Å². The number of aliphatic imine (C=N–C) groups is 1. The van der Waals surface area contributed by atoms with Gasteiger partial charge in [0.2, 0.25) is 5.91 Å². The van der Waals surface area contributed by atoms with E-state index < -0.39 is 42.1 Å². The smallest absolute Gasteiger partial charge is 0.490 e. The summed E-state index contributed by atoms with van der Waals surface area (Å²) < 4.78 is 55.8. The number of aromatic amines is 1. The summed E-state index contributed by atoms with van der Waals surface area (Å²) in [6.45, 7) is -0.164. The molecule has 2 aromatic carbocycles. The van der Waals surface area contributed by atoms with E-state index in [-0.39, 0.29) is 37.7 Å². The Morgan fingerprint density at radius 3 is 2.53 bits per heavy atom. The molecule has 1 fully saturated rings. The molecular formula is C29H31F4N7O7. The molecule has 1 aliphatic heterocycles. The monoisotopic (exact) mass is 665 g/mol. The van der Waals surface area contributed by atoms with Crippen molar-refractivity contribution in [2.75, 3.05) is 32.1 Å². The minimum Gasteiger partial charge on any atom is -0.490 e. The van der Waals surface area contributed by atoms with Crippen LogP contribution >= 0.6 is 0 Å². The maximum atomic E-state index is 13.4. The predicted molar refractivity (Wildman–Crippen MR) is 159 cm³/mol. The van der Waals surface area contributed by atoms with Crippen molar-refractivity contribution in [3.05, 3.63) is 53.7 Å². The number of carboxylic acid groups (broad SMARTS) is 1. The van der Waals surface area contributed by atoms with Crippen molar-refractivity contribution in [2.45, 2.75) is 43.8 Å². The molecule has 6 N–H and O–H groups in total. The number of guanidine groups is 1. The Hall–Kier alpha value is -5.42. The van der Waals surface area contributed by atoms with Gasteiger partial charge in [-0.3, -0.25) is 19.5 Å². The van der Waals surface area contributed by atoms with Crippen molar-refractivity contribution in [1.29, 1.82) is 0 Å². The summed E-state index contributed by atoms with van der Waals surface area (Å²) in [5.41, 5.74) is 2.08. The van der Waals surface area contributed by atoms with Gasteiger partial charge in [0.1, 0.15) is 11.9 Å². The molecule has 0 bridgehead atoms. The lowest BCUT2D eigenvalue weighted by atomic mass is 10.0. The van der Waals surface area contributed by atoms with Crippen LogP contribution in [0.4, 0.5) is 23.2 Å². The molecule has 1 saturated carbocycles. The van der Waals surface area contributed by atoms with Gasteiger partial charge in [0.05, 0.1) is 62.7 Å². The van der Waals surface area contributed by atoms with Gasteiger partial charge in [-0.2, -0.15) is 18.3 Å². The highest BCUT2D eigenvalue weighted by molar-refractivity contribution is 6.07. The average molecular weight is 666 g/mol. The molecule has 2 amide bonds. The highest BCUT2D eigenvalue weighted by Crippen LogP contribution is 2.29. The van der Waals surface area contributed by atoms with Crippen LogP contribution in [0.25, 0.3) is 10.9 Å². The minimum atomic E-state index is -5.08. The van der Waals surface area contributed by atoms with Gasteiger partial charge < -0.3 is 35.8 Å². The van der Waals surface area contributed by atoms with Crippen LogP contribution in [0.2, 0.25) is 0 Å². The Bertz CT molecular complexity index is 1640. The molecule has 47 heavy (non-hydrogen) atoms. The number of aliphatic carboxylic acids is 1. The number of carbonyl (C=O) groups is 4. The molecule has 252 valence electrons. The van der Waals surface area contributed by atoms with Crippen molar-refractivity contribution >= 4 is 46.3 Å². The first-order valence-electron chi connectivity index (χ1n) is 14.2. The van der Waals surface area contributed by atoms with Crippen molar-refractivity contribution in [3.8, 4) is 5.75 Å². The lowest BCUT2D eigenvalue weighted by Gasteiger charge is -2.20. The second kappa shape index (κ2) is 15.2. The Morgan fingerprint density at radius 2 is 1.89 bits per heavy atom. The van der Waals surface area contributed by atoms with Crippen LogP contribution in [0.5, 0.6) is 5.75 Å². The second-order valence-electron chi connectivity index (χ2n) is 10.4. The first kappa shape index (κ1) is 34.5. The number of aromatic nitrogens is 2. The molecule has 2 aliphatic rings. The number of benzene rings is 2. The first-order chi connectivity index (χ1) is 22.3. The second-order valence-corrected chi connectivity index (χ2v) is 10.4. The maximum absolute atomic E-state index is 13.4. The number of halogens is 4. The molecule has 0 saturated heterocycles. The summed E-state index contributed by atoms with van der Waals surface area (Å²) >= 11 is 0. The van der Waals surface area contributed by atoms with E-state index in [1.54, 1.807) is 36.5 Å². The van der Waals surface area contributed by atoms with Crippen molar-refractivity contribution in [1.82, 2.24) is 26.1 Å². The van der Waals surface area contributed by atoms with Gasteiger partial charge in [0.15, 0.2) is 5.96 Å². The number of hydrogen-bond donors (Lipinski definition) is 6. The lowest BCUT2D eigenvalue weighted by molar-refractivity contribution is -0.192. The predicted octanol–water partition coefficient (Wildman–Crippen LogP) is 2.60. The number of anilines is 1. The number of amides is 2. The molecule has 18 heteroatoms. The van der Waals surface area contributed by atoms with E-state index >= 15 is 0 Å². The molecule has 1 aromatic heterocycles. The van der Waals surface area contributed by atoms with E-state index in [4.69, 9.17) is 19.4 Å². The quantitative estimate of drug-likeness (QED) is 0.138. The fraction of sp³-hybridized carbons (Fsp3) is 0.379. The van der Waals surface area contributed by atoms with Gasteiger partial charge in [0, 0.05) is 10.9 Å². The van der Waals surface area contributed by atoms with Crippen molar-refractivity contribution in [3.63, 3.8) is 0 Å². The number of carboxylic acids is 1. The van der Waals surface area contributed by atoms with Crippen molar-refractivity contribution in [2.24, 2.45) is 4.99 Å². The number of alkyl halides is 4. The normalized spacial score (nSPS) is 16.4. The SMILES string of the molecule is COC(=O)C[C@H](NC(=O)CNC(=O)c1cc(NC2=NCC(F)CN2)c2cn[nH]c2c1)c1cccc(OC2CC2)c1.O=C(O)C(F)(F)F. The Labute approximate surface area is 264 Å². The number of nitrogens with zero attached hydrogens (tertiary/aromatic N) is 2. The fourth-order valence-electron chi connectivity index (χ4n) is 4.21. The maximum Gasteiger partial charge on any atom is 0.490 e. The summed E-state index contributed by atoms with van der Waals surface area (Å²) in [5.74, 6) is -3.19. The zero-order chi connectivity index (χ0) is 34.1. The number of hydrogen-bond acceptors (Lipinski definition) is 10. The van der Waals surface area contributed by atoms with Crippen LogP contribution in [0.3, 0.4) is 0 Å². The number of fused-ring (bicyclic) bond motifs is 1. The zero-order valence-electron chi connectivity index (χ0n) is 24.8. The third-order valence-electron chi connectivity index (χ3n) is 6.69. The molecule has 3 aromatic rings. The number of esters is 1. The van der Waals surface area contributed by atoms with E-state index in [0.29, 0.717) is 33.9 Å². The van der Waals surface area contributed by atoms with E-state index in [9.17, 15) is 31.9 Å². The topological polar surface area (TPSA) is 196 Å². The number of nitrogens with one attached hydrogen (secondary N) is 5. The highest BCUT2D eigenvalue weighted by Gasteiger charge is 2.38. The minimum absolute atomic E-state index is 0.0357. The highest BCUT2D eigenvalue weighted by atomic mass is 19.4. The zero-order valence-corrected chi connectivity index (χ0v) is 24.8. The summed E-state index contributed by atoms with van der Waals surface area (Å²) in [7, 11) is 1.28. The van der Waals surface area contributed by atoms with Gasteiger partial charge in [-0.15, -0.1) is 0 Å². The van der Waals surface area contributed by atoms with Crippen LogP contribution in [-0.2, 0) is 19.1 Å². The third-order valence-corrected chi connectivity index (χ3v) is 6.69. The molecule has 14 nitrogen and oxygen atoms in total. The van der Waals surface area contributed by atoms with Gasteiger partial charge >= 0.3 is 18.1 Å². The number of ether oxygens (including phenoxy) is 2. The largest absolute Gasteiger partial charge is 0.490 e. The van der Waals surface area contributed by atoms with Gasteiger partial charge in [0.25, 0.3) is 5.91 Å². The molecule has 2 heterocycles. The van der Waals surface area contributed by atoms with E-state index in [2.05, 4.69) is 36.5 Å². The van der Waals surface area contributed by atoms with Gasteiger partial charge in [-0.25, -0.2) is 14.2 Å². The number of rotatable bonds is 10. The van der Waals surface area contributed by atoms with E-state index in [1.807, 2.05) is 6.07 Å². The number of methoxy groups -OCH3 is 1. The Morgan fingerprint density at radius 1 is 1.15 bits per heavy atom. The molecule has 2 atom stereocenters. The van der Waals surface area contributed by atoms with E-state index in [1.165, 1.54) is 7.11 Å². The summed E-state index contributed by atoms with van der Waals surface area (Å²) in [6.07, 6.45) is -2.43. The van der Waals surface area contributed by atoms with Crippen LogP contribution in [0.15, 0.2) is 47.6 Å². The number of carbonyl (C=O) groups excluding carboxylic acids is 3. The van der Waals surface area contributed by atoms with Gasteiger partial charge in [-0.05, 0) is 42.7 Å². The van der Waals surface area contributed by atoms with Crippen LogP contribution < -0.4 is 26.0 Å². The summed E-state index contributed by atoms with van der Waals surface area (Å²) in [6, 6.07) is 9.74. The van der Waals surface area contributed by atoms with Crippen LogP contribution in [-0.4, -0.2) is 90.2 Å². The molecule has 1 unspecified atom stereocenters. The summed E-state index contributed by atoms with van der Waals surface area (Å²) in [4.78, 5) is 50.9. The standard InChI is InChI=1S/C27H30FN7O5.C2HF3O2/c1-39-25(37)10-21(15-3-2-4-19(7-15)40-18-5-6-18)33-24(36)14-29-26(38)16-8-22(20-13-32-35-23(20)9-16)34-27-30-11-17(28)12-31-27;3-2(4,5)1(6)7/h2-4,7-9,13,17-18,21H,5-6,10-12,14H2,1H3,(H,29,38)(H,32,35)(H,33,36)(H2,30,31,34);(H,6,7)/t21-;/m0./s1. The van der Waals surface area contributed by atoms with Crippen LogP contribution in [0, 0.1) is 0 Å². The van der Waals surface area contributed by atoms with E-state index in [0.717, 1.165) is 12.8 Å². The molecule has 0 spiro atoms. The first-order valence-corrected chi connectivity index (χ1v) is 14.2. The van der Waals surface area contributed by atoms with Gasteiger partial charge in [-0.1, -0.05) is 12.1 Å². The Kier molecular flexibility index (Phi) is 11.2.